The van der Waals surface area contributed by atoms with Crippen molar-refractivity contribution in [2.45, 2.75) is 79.1 Å². The van der Waals surface area contributed by atoms with Crippen molar-refractivity contribution in [2.24, 2.45) is 17.3 Å². The van der Waals surface area contributed by atoms with Gasteiger partial charge < -0.3 is 0 Å². The highest BCUT2D eigenvalue weighted by Gasteiger charge is 2.29. The molecule has 1 radical (unpaired) electrons. The summed E-state index contributed by atoms with van der Waals surface area (Å²) in [5.74, 6) is 1.98. The number of hydrogen-bond acceptors (Lipinski definition) is 0. The fraction of sp³-hybridized carbons (Fsp3) is 0.938. The van der Waals surface area contributed by atoms with Gasteiger partial charge in [-0.3, -0.25) is 0 Å². The summed E-state index contributed by atoms with van der Waals surface area (Å²) >= 11 is 0. The van der Waals surface area contributed by atoms with Gasteiger partial charge in [0.25, 0.3) is 0 Å². The Balaban J connectivity index is 2.12. The Morgan fingerprint density at radius 2 is 1.69 bits per heavy atom. The fourth-order valence-corrected chi connectivity index (χ4v) is 2.97. The molecule has 0 aromatic rings. The molecule has 0 aromatic heterocycles. The van der Waals surface area contributed by atoms with E-state index in [1.807, 2.05) is 0 Å². The summed E-state index contributed by atoms with van der Waals surface area (Å²) < 4.78 is 0. The maximum absolute atomic E-state index is 2.55. The van der Waals surface area contributed by atoms with Crippen LogP contribution in [0.2, 0.25) is 0 Å². The van der Waals surface area contributed by atoms with Gasteiger partial charge in [-0.15, -0.1) is 0 Å². The molecule has 0 N–H and O–H groups in total. The van der Waals surface area contributed by atoms with Crippen molar-refractivity contribution in [1.29, 1.82) is 0 Å². The third-order valence-corrected chi connectivity index (χ3v) is 4.33. The van der Waals surface area contributed by atoms with E-state index in [1.165, 1.54) is 51.4 Å². The molecule has 0 spiro atoms. The first kappa shape index (κ1) is 14.1. The average molecular weight is 223 g/mol. The molecule has 0 atom stereocenters. The van der Waals surface area contributed by atoms with Gasteiger partial charge in [-0.1, -0.05) is 59.8 Å². The lowest BCUT2D eigenvalue weighted by Gasteiger charge is -2.37. The monoisotopic (exact) mass is 223 g/mol. The van der Waals surface area contributed by atoms with Gasteiger partial charge in [-0.05, 0) is 42.9 Å². The second kappa shape index (κ2) is 6.67. The maximum atomic E-state index is 2.55. The molecule has 0 bridgehead atoms. The van der Waals surface area contributed by atoms with Crippen molar-refractivity contribution < 1.29 is 0 Å². The number of rotatable bonds is 5. The van der Waals surface area contributed by atoms with Crippen LogP contribution in [0.1, 0.15) is 79.1 Å². The van der Waals surface area contributed by atoms with Crippen molar-refractivity contribution >= 4 is 0 Å². The van der Waals surface area contributed by atoms with Crippen LogP contribution in [0.4, 0.5) is 0 Å². The Bertz CT molecular complexity index is 167. The van der Waals surface area contributed by atoms with E-state index in [2.05, 4.69) is 34.1 Å². The lowest BCUT2D eigenvalue weighted by molar-refractivity contribution is 0.149. The Morgan fingerprint density at radius 1 is 1.06 bits per heavy atom. The van der Waals surface area contributed by atoms with E-state index in [-0.39, 0.29) is 0 Å². The van der Waals surface area contributed by atoms with Crippen LogP contribution in [0, 0.1) is 23.7 Å². The van der Waals surface area contributed by atoms with Crippen molar-refractivity contribution in [1.82, 2.24) is 0 Å². The summed E-state index contributed by atoms with van der Waals surface area (Å²) in [6, 6.07) is 0. The third kappa shape index (κ3) is 4.89. The van der Waals surface area contributed by atoms with Gasteiger partial charge in [0.15, 0.2) is 0 Å². The van der Waals surface area contributed by atoms with Crippen LogP contribution in [0.25, 0.3) is 0 Å². The molecule has 0 amide bonds. The predicted molar refractivity (Wildman–Crippen MR) is 73.3 cm³/mol. The molecule has 95 valence electrons. The zero-order valence-electron chi connectivity index (χ0n) is 11.9. The molecule has 0 nitrogen and oxygen atoms in total. The van der Waals surface area contributed by atoms with Gasteiger partial charge in [0.1, 0.15) is 0 Å². The molecule has 1 aliphatic rings. The first-order chi connectivity index (χ1) is 7.54. The summed E-state index contributed by atoms with van der Waals surface area (Å²) in [6.45, 7) is 9.50. The molecule has 1 fully saturated rings. The van der Waals surface area contributed by atoms with E-state index in [0.29, 0.717) is 5.41 Å². The van der Waals surface area contributed by atoms with E-state index in [1.54, 1.807) is 0 Å². The highest BCUT2D eigenvalue weighted by atomic mass is 14.3. The Kier molecular flexibility index (Phi) is 5.86. The smallest absolute Gasteiger partial charge is 0.0354 e. The van der Waals surface area contributed by atoms with Crippen molar-refractivity contribution in [3.05, 3.63) is 6.42 Å². The van der Waals surface area contributed by atoms with Crippen molar-refractivity contribution in [2.75, 3.05) is 0 Å². The standard InChI is InChI=1S/C16H31/c1-5-6-7-8-9-14-10-12-15(13-11-14)16(2,3)4/h8,14-15H,5-7,9-13H2,1-4H3. The molecule has 0 saturated heterocycles. The van der Waals surface area contributed by atoms with Crippen LogP contribution < -0.4 is 0 Å². The van der Waals surface area contributed by atoms with Crippen LogP contribution in [0.5, 0.6) is 0 Å². The van der Waals surface area contributed by atoms with Crippen molar-refractivity contribution in [3.63, 3.8) is 0 Å². The lowest BCUT2D eigenvalue weighted by Crippen LogP contribution is -2.25. The summed E-state index contributed by atoms with van der Waals surface area (Å²) in [4.78, 5) is 0. The fourth-order valence-electron chi connectivity index (χ4n) is 2.97. The van der Waals surface area contributed by atoms with E-state index in [4.69, 9.17) is 0 Å². The highest BCUT2D eigenvalue weighted by molar-refractivity contribution is 4.82. The maximum Gasteiger partial charge on any atom is -0.0354 e. The largest absolute Gasteiger partial charge is 0.0654 e. The molecule has 1 saturated carbocycles. The van der Waals surface area contributed by atoms with Crippen LogP contribution >= 0.6 is 0 Å². The minimum atomic E-state index is 0.539. The summed E-state index contributed by atoms with van der Waals surface area (Å²) in [5, 5.41) is 0. The van der Waals surface area contributed by atoms with Crippen LogP contribution in [-0.2, 0) is 0 Å². The molecule has 1 rings (SSSR count). The quantitative estimate of drug-likeness (QED) is 0.530. The first-order valence-electron chi connectivity index (χ1n) is 7.35. The van der Waals surface area contributed by atoms with Crippen LogP contribution in [0.3, 0.4) is 0 Å². The molecule has 0 aromatic carbocycles. The normalized spacial score (nSPS) is 27.0. The Morgan fingerprint density at radius 3 is 2.19 bits per heavy atom. The second-order valence-electron chi connectivity index (χ2n) is 6.75. The van der Waals surface area contributed by atoms with Gasteiger partial charge in [-0.25, -0.2) is 0 Å². The average Bonchev–Trinajstić information content (AvgIpc) is 2.24. The third-order valence-electron chi connectivity index (χ3n) is 4.33. The minimum Gasteiger partial charge on any atom is -0.0654 e. The first-order valence-corrected chi connectivity index (χ1v) is 7.35. The SMILES string of the molecule is CCCC[CH]CC1CCC(C(C)(C)C)CC1. The van der Waals surface area contributed by atoms with Gasteiger partial charge in [0, 0.05) is 0 Å². The molecule has 0 heteroatoms. The van der Waals surface area contributed by atoms with E-state index in [9.17, 15) is 0 Å². The van der Waals surface area contributed by atoms with E-state index >= 15 is 0 Å². The molecule has 0 unspecified atom stereocenters. The zero-order chi connectivity index (χ0) is 12.0. The van der Waals surface area contributed by atoms with Gasteiger partial charge in [-0.2, -0.15) is 0 Å². The van der Waals surface area contributed by atoms with Gasteiger partial charge in [0.05, 0.1) is 0 Å². The molecule has 0 aliphatic heterocycles. The predicted octanol–water partition coefficient (Wildman–Crippen LogP) is 5.62. The van der Waals surface area contributed by atoms with Gasteiger partial charge >= 0.3 is 0 Å². The van der Waals surface area contributed by atoms with Crippen LogP contribution in [0.15, 0.2) is 0 Å². The zero-order valence-corrected chi connectivity index (χ0v) is 11.9. The number of hydrogen-bond donors (Lipinski definition) is 0. The molecular formula is C16H31. The Hall–Kier alpha value is 0. The minimum absolute atomic E-state index is 0.539. The molecule has 0 heterocycles. The summed E-state index contributed by atoms with van der Waals surface area (Å²) in [6.07, 6.45) is 13.9. The summed E-state index contributed by atoms with van der Waals surface area (Å²) in [7, 11) is 0. The molecular weight excluding hydrogens is 192 g/mol. The Labute approximate surface area is 103 Å². The molecule has 16 heavy (non-hydrogen) atoms. The topological polar surface area (TPSA) is 0 Å². The van der Waals surface area contributed by atoms with E-state index in [0.717, 1.165) is 11.8 Å². The summed E-state index contributed by atoms with van der Waals surface area (Å²) in [5.41, 5.74) is 0.539. The lowest BCUT2D eigenvalue weighted by atomic mass is 9.69. The van der Waals surface area contributed by atoms with Crippen LogP contribution in [-0.4, -0.2) is 0 Å². The number of unbranched alkanes of at least 4 members (excludes halogenated alkanes) is 3. The highest BCUT2D eigenvalue weighted by Crippen LogP contribution is 2.40. The van der Waals surface area contributed by atoms with Crippen molar-refractivity contribution in [3.8, 4) is 0 Å². The second-order valence-corrected chi connectivity index (χ2v) is 6.75. The molecule has 1 aliphatic carbocycles. The van der Waals surface area contributed by atoms with E-state index < -0.39 is 0 Å². The van der Waals surface area contributed by atoms with Gasteiger partial charge in [0.2, 0.25) is 0 Å².